The highest BCUT2D eigenvalue weighted by Crippen LogP contribution is 2.08. The van der Waals surface area contributed by atoms with E-state index >= 15 is 0 Å². The highest BCUT2D eigenvalue weighted by Gasteiger charge is 2.13. The number of hydrogen-bond donors (Lipinski definition) is 3. The van der Waals surface area contributed by atoms with Crippen molar-refractivity contribution < 1.29 is 24.5 Å². The fraction of sp³-hybridized carbons (Fsp3) is 0.222. The van der Waals surface area contributed by atoms with Gasteiger partial charge in [0.05, 0.1) is 18.2 Å². The summed E-state index contributed by atoms with van der Waals surface area (Å²) in [6.07, 6.45) is -0.239. The molecule has 2 rings (SSSR count). The van der Waals surface area contributed by atoms with Crippen molar-refractivity contribution in [3.8, 4) is 0 Å². The van der Waals surface area contributed by atoms with Crippen LogP contribution in [0.2, 0.25) is 0 Å². The number of amides is 1. The fourth-order valence-corrected chi connectivity index (χ4v) is 2.16. The van der Waals surface area contributed by atoms with Gasteiger partial charge < -0.3 is 20.3 Å². The van der Waals surface area contributed by atoms with Crippen LogP contribution in [0.25, 0.3) is 0 Å². The van der Waals surface area contributed by atoms with Crippen molar-refractivity contribution in [3.05, 3.63) is 71.3 Å². The first kappa shape index (κ1) is 17.5. The lowest BCUT2D eigenvalue weighted by Crippen LogP contribution is -2.39. The predicted molar refractivity (Wildman–Crippen MR) is 87.7 cm³/mol. The molecule has 0 saturated carbocycles. The minimum atomic E-state index is -0.997. The number of rotatable bonds is 7. The van der Waals surface area contributed by atoms with E-state index in [-0.39, 0.29) is 18.8 Å². The average molecular weight is 329 g/mol. The standard InChI is InChI=1S/C18H19NO5/c20-11-16(10-13-6-8-15(9-7-13)17(21)22)19-18(23)24-12-14-4-2-1-3-5-14/h1-9,16,20H,10-12H2,(H,19,23)(H,21,22). The highest BCUT2D eigenvalue weighted by molar-refractivity contribution is 5.87. The summed E-state index contributed by atoms with van der Waals surface area (Å²) in [7, 11) is 0. The van der Waals surface area contributed by atoms with Crippen molar-refractivity contribution in [3.63, 3.8) is 0 Å². The molecule has 0 bridgehead atoms. The van der Waals surface area contributed by atoms with E-state index in [1.807, 2.05) is 30.3 Å². The third-order valence-electron chi connectivity index (χ3n) is 3.44. The molecule has 0 fully saturated rings. The number of carbonyl (C=O) groups is 2. The van der Waals surface area contributed by atoms with Crippen molar-refractivity contribution >= 4 is 12.1 Å². The maximum atomic E-state index is 11.8. The minimum Gasteiger partial charge on any atom is -0.478 e. The van der Waals surface area contributed by atoms with Crippen LogP contribution >= 0.6 is 0 Å². The van der Waals surface area contributed by atoms with Gasteiger partial charge in [-0.15, -0.1) is 0 Å². The van der Waals surface area contributed by atoms with Crippen LogP contribution in [-0.2, 0) is 17.8 Å². The molecule has 126 valence electrons. The SMILES string of the molecule is O=C(NC(CO)Cc1ccc(C(=O)O)cc1)OCc1ccccc1. The lowest BCUT2D eigenvalue weighted by Gasteiger charge is -2.16. The lowest BCUT2D eigenvalue weighted by molar-refractivity contribution is 0.0697. The van der Waals surface area contributed by atoms with Gasteiger partial charge in [0.2, 0.25) is 0 Å². The van der Waals surface area contributed by atoms with Crippen LogP contribution in [0.1, 0.15) is 21.5 Å². The quantitative estimate of drug-likeness (QED) is 0.724. The second-order valence-electron chi connectivity index (χ2n) is 5.29. The van der Waals surface area contributed by atoms with Crippen LogP contribution in [0.4, 0.5) is 4.79 Å². The van der Waals surface area contributed by atoms with Gasteiger partial charge in [-0.1, -0.05) is 42.5 Å². The molecular weight excluding hydrogens is 310 g/mol. The molecule has 3 N–H and O–H groups in total. The van der Waals surface area contributed by atoms with Crippen molar-refractivity contribution in [2.24, 2.45) is 0 Å². The van der Waals surface area contributed by atoms with Crippen LogP contribution in [0.5, 0.6) is 0 Å². The first-order chi connectivity index (χ1) is 11.6. The highest BCUT2D eigenvalue weighted by atomic mass is 16.5. The van der Waals surface area contributed by atoms with Crippen molar-refractivity contribution in [2.45, 2.75) is 19.1 Å². The molecule has 0 heterocycles. The molecule has 2 aromatic carbocycles. The molecule has 0 saturated heterocycles. The molecule has 1 atom stereocenters. The third kappa shape index (κ3) is 5.40. The van der Waals surface area contributed by atoms with Crippen LogP contribution < -0.4 is 5.32 Å². The number of hydrogen-bond acceptors (Lipinski definition) is 4. The number of benzene rings is 2. The maximum Gasteiger partial charge on any atom is 0.407 e. The second kappa shape index (κ2) is 8.69. The summed E-state index contributed by atoms with van der Waals surface area (Å²) in [6.45, 7) is -0.0980. The summed E-state index contributed by atoms with van der Waals surface area (Å²) in [5.74, 6) is -0.997. The molecule has 0 aliphatic carbocycles. The van der Waals surface area contributed by atoms with Gasteiger partial charge in [0.1, 0.15) is 6.61 Å². The predicted octanol–water partition coefficient (Wildman–Crippen LogP) is 2.21. The van der Waals surface area contributed by atoms with Crippen molar-refractivity contribution in [2.75, 3.05) is 6.61 Å². The Morgan fingerprint density at radius 2 is 1.67 bits per heavy atom. The minimum absolute atomic E-state index is 0.151. The Hall–Kier alpha value is -2.86. The molecule has 6 heteroatoms. The van der Waals surface area contributed by atoms with Crippen LogP contribution in [0, 0.1) is 0 Å². The Morgan fingerprint density at radius 1 is 1.00 bits per heavy atom. The molecule has 0 spiro atoms. The number of carbonyl (C=O) groups excluding carboxylic acids is 1. The van der Waals surface area contributed by atoms with Gasteiger partial charge in [0.25, 0.3) is 0 Å². The number of aliphatic hydroxyl groups is 1. The van der Waals surface area contributed by atoms with E-state index in [1.54, 1.807) is 12.1 Å². The summed E-state index contributed by atoms with van der Waals surface area (Å²) in [5.41, 5.74) is 1.87. The number of alkyl carbamates (subject to hydrolysis) is 1. The smallest absolute Gasteiger partial charge is 0.407 e. The van der Waals surface area contributed by atoms with Gasteiger partial charge in [-0.05, 0) is 29.7 Å². The Balaban J connectivity index is 1.84. The maximum absolute atomic E-state index is 11.8. The topological polar surface area (TPSA) is 95.9 Å². The van der Waals surface area contributed by atoms with Gasteiger partial charge >= 0.3 is 12.1 Å². The lowest BCUT2D eigenvalue weighted by atomic mass is 10.0. The number of nitrogens with one attached hydrogen (secondary N) is 1. The molecule has 0 radical (unpaired) electrons. The second-order valence-corrected chi connectivity index (χ2v) is 5.29. The number of ether oxygens (including phenoxy) is 1. The Bertz CT molecular complexity index is 670. The van der Waals surface area contributed by atoms with Gasteiger partial charge in [-0.3, -0.25) is 0 Å². The molecule has 1 unspecified atom stereocenters. The molecule has 1 amide bonds. The molecule has 0 aliphatic heterocycles. The third-order valence-corrected chi connectivity index (χ3v) is 3.44. The van der Waals surface area contributed by atoms with E-state index in [0.717, 1.165) is 11.1 Å². The number of aliphatic hydroxyl groups excluding tert-OH is 1. The van der Waals surface area contributed by atoms with Crippen LogP contribution in [-0.4, -0.2) is 34.9 Å². The largest absolute Gasteiger partial charge is 0.478 e. The van der Waals surface area contributed by atoms with Gasteiger partial charge in [0, 0.05) is 0 Å². The zero-order valence-electron chi connectivity index (χ0n) is 13.0. The Kier molecular flexibility index (Phi) is 6.33. The fourth-order valence-electron chi connectivity index (χ4n) is 2.16. The first-order valence-electron chi connectivity index (χ1n) is 7.49. The first-order valence-corrected chi connectivity index (χ1v) is 7.49. The molecule has 0 aromatic heterocycles. The van der Waals surface area contributed by atoms with E-state index < -0.39 is 18.1 Å². The average Bonchev–Trinajstić information content (AvgIpc) is 2.60. The number of aromatic carboxylic acids is 1. The molecule has 2 aromatic rings. The molecule has 24 heavy (non-hydrogen) atoms. The normalized spacial score (nSPS) is 11.5. The van der Waals surface area contributed by atoms with Crippen LogP contribution in [0.15, 0.2) is 54.6 Å². The summed E-state index contributed by atoms with van der Waals surface area (Å²) in [4.78, 5) is 22.6. The Morgan fingerprint density at radius 3 is 2.25 bits per heavy atom. The van der Waals surface area contributed by atoms with Gasteiger partial charge in [-0.2, -0.15) is 0 Å². The summed E-state index contributed by atoms with van der Waals surface area (Å²) in [6, 6.07) is 15.1. The van der Waals surface area contributed by atoms with E-state index in [4.69, 9.17) is 9.84 Å². The zero-order valence-corrected chi connectivity index (χ0v) is 13.0. The summed E-state index contributed by atoms with van der Waals surface area (Å²) in [5, 5.41) is 20.9. The number of carboxylic acids is 1. The van der Waals surface area contributed by atoms with Gasteiger partial charge in [-0.25, -0.2) is 9.59 Å². The molecule has 0 aliphatic rings. The van der Waals surface area contributed by atoms with E-state index in [9.17, 15) is 14.7 Å². The van der Waals surface area contributed by atoms with Gasteiger partial charge in [0.15, 0.2) is 0 Å². The van der Waals surface area contributed by atoms with E-state index in [1.165, 1.54) is 12.1 Å². The number of carboxylic acid groups (broad SMARTS) is 1. The van der Waals surface area contributed by atoms with Crippen molar-refractivity contribution in [1.29, 1.82) is 0 Å². The van der Waals surface area contributed by atoms with Crippen LogP contribution in [0.3, 0.4) is 0 Å². The summed E-state index contributed by atoms with van der Waals surface area (Å²) >= 11 is 0. The summed E-state index contributed by atoms with van der Waals surface area (Å²) < 4.78 is 5.11. The van der Waals surface area contributed by atoms with E-state index in [0.29, 0.717) is 6.42 Å². The van der Waals surface area contributed by atoms with Crippen molar-refractivity contribution in [1.82, 2.24) is 5.32 Å². The molecular formula is C18H19NO5. The van der Waals surface area contributed by atoms with E-state index in [2.05, 4.69) is 5.32 Å². The molecule has 6 nitrogen and oxygen atoms in total. The monoisotopic (exact) mass is 329 g/mol. The zero-order chi connectivity index (χ0) is 17.4. The Labute approximate surface area is 139 Å².